The molecule has 0 unspecified atom stereocenters. The van der Waals surface area contributed by atoms with Crippen LogP contribution >= 0.6 is 0 Å². The molecule has 2 aliphatic heterocycles. The first-order chi connectivity index (χ1) is 16.0. The second-order valence-electron chi connectivity index (χ2n) is 11.0. The van der Waals surface area contributed by atoms with Crippen molar-refractivity contribution >= 4 is 27.5 Å². The van der Waals surface area contributed by atoms with Crippen molar-refractivity contribution < 1.29 is 18.0 Å². The Hall–Kier alpha value is -1.93. The first kappa shape index (κ1) is 25.2. The Kier molecular flexibility index (Phi) is 7.38. The number of amides is 2. The quantitative estimate of drug-likeness (QED) is 0.685. The van der Waals surface area contributed by atoms with Gasteiger partial charge in [0.15, 0.2) is 0 Å². The van der Waals surface area contributed by atoms with E-state index in [1.807, 2.05) is 6.92 Å². The van der Waals surface area contributed by atoms with E-state index in [2.05, 4.69) is 23.5 Å². The monoisotopic (exact) mass is 489 g/mol. The Morgan fingerprint density at radius 3 is 2.29 bits per heavy atom. The average molecular weight is 490 g/mol. The number of fused-ring (bicyclic) bond motifs is 1. The highest BCUT2D eigenvalue weighted by molar-refractivity contribution is 7.89. The molecule has 1 N–H and O–H groups in total. The minimum absolute atomic E-state index is 0.0293. The molecule has 0 bridgehead atoms. The first-order valence-electron chi connectivity index (χ1n) is 12.8. The van der Waals surface area contributed by atoms with Gasteiger partial charge in [0.1, 0.15) is 0 Å². The molecule has 7 nitrogen and oxygen atoms in total. The van der Waals surface area contributed by atoms with E-state index in [0.29, 0.717) is 30.7 Å². The van der Waals surface area contributed by atoms with Crippen molar-refractivity contribution in [3.63, 3.8) is 0 Å². The summed E-state index contributed by atoms with van der Waals surface area (Å²) in [6.45, 7) is 10.1. The Balaban J connectivity index is 1.30. The molecule has 1 aliphatic carbocycles. The summed E-state index contributed by atoms with van der Waals surface area (Å²) in [7, 11) is -3.62. The van der Waals surface area contributed by atoms with Crippen LogP contribution in [0.3, 0.4) is 0 Å². The van der Waals surface area contributed by atoms with Crippen LogP contribution in [-0.2, 0) is 26.0 Å². The van der Waals surface area contributed by atoms with Crippen molar-refractivity contribution in [3.05, 3.63) is 23.8 Å². The Morgan fingerprint density at radius 2 is 1.68 bits per heavy atom. The van der Waals surface area contributed by atoms with E-state index in [1.54, 1.807) is 23.1 Å². The van der Waals surface area contributed by atoms with Crippen molar-refractivity contribution in [2.24, 2.45) is 23.7 Å². The Bertz CT molecular complexity index is 1020. The number of nitrogens with one attached hydrogen (secondary N) is 1. The zero-order valence-corrected chi connectivity index (χ0v) is 21.7. The molecule has 3 aliphatic rings. The number of benzene rings is 1. The molecule has 1 saturated heterocycles. The van der Waals surface area contributed by atoms with Gasteiger partial charge in [-0.3, -0.25) is 9.59 Å². The van der Waals surface area contributed by atoms with Crippen molar-refractivity contribution in [2.45, 2.75) is 77.2 Å². The van der Waals surface area contributed by atoms with Gasteiger partial charge in [0.05, 0.1) is 4.90 Å². The molecule has 1 aromatic rings. The third kappa shape index (κ3) is 5.33. The van der Waals surface area contributed by atoms with Crippen LogP contribution in [0.25, 0.3) is 0 Å². The number of carbonyl (C=O) groups excluding carboxylic acids is 2. The molecule has 0 aromatic heterocycles. The highest BCUT2D eigenvalue weighted by Gasteiger charge is 2.34. The SMILES string of the molecule is CC(=O)N1c2ccc(S(=O)(=O)NCC3CCC(C(=O)N4C[C@H](C)C[C@@H](C)C4)CC3)cc2C[C@@H]1C. The molecule has 34 heavy (non-hydrogen) atoms. The summed E-state index contributed by atoms with van der Waals surface area (Å²) in [6, 6.07) is 5.07. The lowest BCUT2D eigenvalue weighted by molar-refractivity contribution is -0.139. The summed E-state index contributed by atoms with van der Waals surface area (Å²) in [5, 5.41) is 0. The van der Waals surface area contributed by atoms with E-state index in [-0.39, 0.29) is 28.7 Å². The summed E-state index contributed by atoms with van der Waals surface area (Å²) in [5.74, 6) is 1.72. The fourth-order valence-electron chi connectivity index (χ4n) is 6.28. The predicted octanol–water partition coefficient (Wildman–Crippen LogP) is 3.57. The van der Waals surface area contributed by atoms with E-state index in [9.17, 15) is 18.0 Å². The van der Waals surface area contributed by atoms with Crippen molar-refractivity contribution in [1.82, 2.24) is 9.62 Å². The van der Waals surface area contributed by atoms with Crippen LogP contribution in [0.5, 0.6) is 0 Å². The zero-order valence-electron chi connectivity index (χ0n) is 20.9. The van der Waals surface area contributed by atoms with Gasteiger partial charge in [-0.2, -0.15) is 0 Å². The summed E-state index contributed by atoms with van der Waals surface area (Å²) in [5.41, 5.74) is 1.70. The molecule has 3 atom stereocenters. The maximum atomic E-state index is 13.0. The van der Waals surface area contributed by atoms with E-state index in [1.165, 1.54) is 13.3 Å². The first-order valence-corrected chi connectivity index (χ1v) is 14.2. The van der Waals surface area contributed by atoms with Gasteiger partial charge in [-0.05, 0) is 87.0 Å². The Morgan fingerprint density at radius 1 is 1.03 bits per heavy atom. The highest BCUT2D eigenvalue weighted by atomic mass is 32.2. The summed E-state index contributed by atoms with van der Waals surface area (Å²) < 4.78 is 28.7. The lowest BCUT2D eigenvalue weighted by atomic mass is 9.80. The van der Waals surface area contributed by atoms with E-state index in [0.717, 1.165) is 50.0 Å². The number of sulfonamides is 1. The molecular formula is C26H39N3O4S. The van der Waals surface area contributed by atoms with Gasteiger partial charge in [-0.25, -0.2) is 13.1 Å². The summed E-state index contributed by atoms with van der Waals surface area (Å²) in [6.07, 6.45) is 5.25. The molecule has 1 saturated carbocycles. The number of piperidine rings is 1. The maximum absolute atomic E-state index is 13.0. The van der Waals surface area contributed by atoms with Gasteiger partial charge in [-0.1, -0.05) is 13.8 Å². The van der Waals surface area contributed by atoms with Crippen LogP contribution in [0.4, 0.5) is 5.69 Å². The van der Waals surface area contributed by atoms with Gasteiger partial charge in [-0.15, -0.1) is 0 Å². The third-order valence-corrected chi connectivity index (χ3v) is 9.28. The van der Waals surface area contributed by atoms with Gasteiger partial charge in [0.2, 0.25) is 21.8 Å². The van der Waals surface area contributed by atoms with Crippen molar-refractivity contribution in [1.29, 1.82) is 0 Å². The number of nitrogens with zero attached hydrogens (tertiary/aromatic N) is 2. The second-order valence-corrected chi connectivity index (χ2v) is 12.8. The predicted molar refractivity (Wildman–Crippen MR) is 133 cm³/mol. The molecular weight excluding hydrogens is 450 g/mol. The van der Waals surface area contributed by atoms with Gasteiger partial charge >= 0.3 is 0 Å². The topological polar surface area (TPSA) is 86.8 Å². The number of anilines is 1. The van der Waals surface area contributed by atoms with Crippen LogP contribution < -0.4 is 9.62 Å². The summed E-state index contributed by atoms with van der Waals surface area (Å²) in [4.78, 5) is 29.0. The summed E-state index contributed by atoms with van der Waals surface area (Å²) >= 11 is 0. The second kappa shape index (κ2) is 9.97. The lowest BCUT2D eigenvalue weighted by Gasteiger charge is -2.38. The number of likely N-dealkylation sites (tertiary alicyclic amines) is 1. The number of carbonyl (C=O) groups is 2. The van der Waals surface area contributed by atoms with Crippen LogP contribution in [0.1, 0.15) is 65.4 Å². The molecule has 4 rings (SSSR count). The standard InChI is InChI=1S/C26H39N3O4S/c1-17-11-18(2)16-28(15-17)26(31)22-7-5-21(6-8-22)14-27-34(32,33)24-9-10-25-23(13-24)12-19(3)29(25)20(4)30/h9-10,13,17-19,21-22,27H,5-8,11-12,14-16H2,1-4H3/t17-,18-,19+,21?,22?/m1/s1. The van der Waals surface area contributed by atoms with Crippen LogP contribution in [-0.4, -0.2) is 50.8 Å². The lowest BCUT2D eigenvalue weighted by Crippen LogP contribution is -2.46. The fraction of sp³-hybridized carbons (Fsp3) is 0.692. The van der Waals surface area contributed by atoms with E-state index in [4.69, 9.17) is 0 Å². The van der Waals surface area contributed by atoms with Gasteiger partial charge in [0, 0.05) is 44.2 Å². The van der Waals surface area contributed by atoms with Crippen LogP contribution in [0.15, 0.2) is 23.1 Å². The largest absolute Gasteiger partial charge is 0.342 e. The number of rotatable bonds is 5. The average Bonchev–Trinajstić information content (AvgIpc) is 3.12. The van der Waals surface area contributed by atoms with Crippen LogP contribution in [0.2, 0.25) is 0 Å². The van der Waals surface area contributed by atoms with Gasteiger partial charge < -0.3 is 9.80 Å². The molecule has 0 radical (unpaired) electrons. The van der Waals surface area contributed by atoms with Crippen molar-refractivity contribution in [2.75, 3.05) is 24.5 Å². The molecule has 2 amide bonds. The zero-order chi connectivity index (χ0) is 24.6. The molecule has 2 fully saturated rings. The number of hydrogen-bond acceptors (Lipinski definition) is 4. The molecule has 2 heterocycles. The van der Waals surface area contributed by atoms with Gasteiger partial charge in [0.25, 0.3) is 0 Å². The third-order valence-electron chi connectivity index (χ3n) is 7.85. The fourth-order valence-corrected chi connectivity index (χ4v) is 7.45. The maximum Gasteiger partial charge on any atom is 0.240 e. The normalized spacial score (nSPS) is 29.7. The van der Waals surface area contributed by atoms with Crippen molar-refractivity contribution in [3.8, 4) is 0 Å². The van der Waals surface area contributed by atoms with E-state index >= 15 is 0 Å². The van der Waals surface area contributed by atoms with Crippen LogP contribution in [0, 0.1) is 23.7 Å². The molecule has 0 spiro atoms. The minimum Gasteiger partial charge on any atom is -0.342 e. The minimum atomic E-state index is -3.62. The highest BCUT2D eigenvalue weighted by Crippen LogP contribution is 2.35. The molecule has 188 valence electrons. The Labute approximate surface area is 204 Å². The molecule has 1 aromatic carbocycles. The smallest absolute Gasteiger partial charge is 0.240 e. The molecule has 8 heteroatoms. The van der Waals surface area contributed by atoms with E-state index < -0.39 is 10.0 Å². The number of hydrogen-bond donors (Lipinski definition) is 1.